The molecule has 0 bridgehead atoms. The number of rotatable bonds is 10. The molecule has 0 unspecified atom stereocenters. The van der Waals surface area contributed by atoms with Gasteiger partial charge in [-0.05, 0) is 60.5 Å². The zero-order chi connectivity index (χ0) is 27.1. The second-order valence-electron chi connectivity index (χ2n) is 8.51. The third-order valence-electron chi connectivity index (χ3n) is 5.93. The van der Waals surface area contributed by atoms with Crippen molar-refractivity contribution in [3.63, 3.8) is 0 Å². The highest BCUT2D eigenvalue weighted by atomic mass is 32.2. The molecule has 4 rings (SSSR count). The van der Waals surface area contributed by atoms with Gasteiger partial charge in [0.2, 0.25) is 10.0 Å². The van der Waals surface area contributed by atoms with E-state index in [0.29, 0.717) is 28.8 Å². The van der Waals surface area contributed by atoms with Crippen LogP contribution in [0, 0.1) is 23.2 Å². The van der Waals surface area contributed by atoms with Crippen molar-refractivity contribution in [1.29, 1.82) is 5.26 Å². The lowest BCUT2D eigenvalue weighted by atomic mass is 10.0. The Hall–Kier alpha value is -4.57. The van der Waals surface area contributed by atoms with Crippen LogP contribution >= 0.6 is 0 Å². The first-order chi connectivity index (χ1) is 18.3. The molecule has 0 aliphatic heterocycles. The van der Waals surface area contributed by atoms with E-state index in [2.05, 4.69) is 22.6 Å². The van der Waals surface area contributed by atoms with Crippen LogP contribution in [0.25, 0.3) is 10.9 Å². The number of hydrogen-bond donors (Lipinski definition) is 2. The molecule has 0 radical (unpaired) electrons. The molecule has 1 heterocycles. The minimum atomic E-state index is -4.15. The number of ether oxygens (including phenoxy) is 1. The molecule has 0 spiro atoms. The lowest BCUT2D eigenvalue weighted by Gasteiger charge is -2.15. The summed E-state index contributed by atoms with van der Waals surface area (Å²) >= 11 is 0. The lowest BCUT2D eigenvalue weighted by molar-refractivity contribution is -0.138. The van der Waals surface area contributed by atoms with Crippen molar-refractivity contribution in [3.05, 3.63) is 95.7 Å². The summed E-state index contributed by atoms with van der Waals surface area (Å²) in [5.41, 5.74) is 2.91. The predicted octanol–water partition coefficient (Wildman–Crippen LogP) is 3.94. The molecular weight excluding hydrogens is 502 g/mol. The van der Waals surface area contributed by atoms with Gasteiger partial charge in [0.25, 0.3) is 0 Å². The fourth-order valence-electron chi connectivity index (χ4n) is 4.08. The fraction of sp³-hybridized carbons (Fsp3) is 0.172. The number of nitriles is 1. The smallest absolute Gasteiger partial charge is 0.322 e. The van der Waals surface area contributed by atoms with Crippen molar-refractivity contribution < 1.29 is 23.1 Å². The maximum absolute atomic E-state index is 13.0. The van der Waals surface area contributed by atoms with Crippen molar-refractivity contribution in [3.8, 4) is 23.7 Å². The number of nitrogens with one attached hydrogen (secondary N) is 1. The highest BCUT2D eigenvalue weighted by Gasteiger charge is 2.27. The van der Waals surface area contributed by atoms with Crippen LogP contribution in [-0.2, 0) is 27.8 Å². The average Bonchev–Trinajstić information content (AvgIpc) is 3.25. The maximum atomic E-state index is 13.0. The molecule has 0 saturated carbocycles. The number of aliphatic carboxylic acids is 1. The topological polar surface area (TPSA) is 121 Å². The van der Waals surface area contributed by atoms with Gasteiger partial charge in [0.1, 0.15) is 18.4 Å². The first kappa shape index (κ1) is 26.5. The van der Waals surface area contributed by atoms with E-state index in [0.717, 1.165) is 11.1 Å². The Morgan fingerprint density at radius 1 is 1.11 bits per heavy atom. The Kier molecular flexibility index (Phi) is 8.12. The monoisotopic (exact) mass is 527 g/mol. The molecule has 9 heteroatoms. The molecule has 0 fully saturated rings. The summed E-state index contributed by atoms with van der Waals surface area (Å²) in [5.74, 6) is 4.59. The van der Waals surface area contributed by atoms with E-state index in [-0.39, 0.29) is 17.9 Å². The second kappa shape index (κ2) is 11.7. The van der Waals surface area contributed by atoms with Gasteiger partial charge in [0.05, 0.1) is 16.5 Å². The van der Waals surface area contributed by atoms with Gasteiger partial charge in [-0.2, -0.15) is 9.98 Å². The second-order valence-corrected chi connectivity index (χ2v) is 10.2. The first-order valence-corrected chi connectivity index (χ1v) is 13.2. The standard InChI is InChI=1S/C29H25N3O5S/c1-2-3-15-37-24-10-12-25(13-11-24)38(35,36)31-27(29(33)34)17-23-20-32(19-21-7-5-4-6-8-21)28-14-9-22(18-30)16-26(23)28/h4-14,16,20,27,31H,15,17,19H2,1H3,(H,33,34)/t27-/m0/s1. The molecule has 192 valence electrons. The summed E-state index contributed by atoms with van der Waals surface area (Å²) in [7, 11) is -4.15. The SMILES string of the molecule is CC#CCOc1ccc(S(=O)(=O)N[C@@H](Cc2cn(Cc3ccccc3)c3ccc(C#N)cc23)C(=O)O)cc1. The molecule has 4 aromatic rings. The number of carboxylic acid groups (broad SMARTS) is 1. The van der Waals surface area contributed by atoms with Crippen molar-refractivity contribution in [2.75, 3.05) is 6.61 Å². The van der Waals surface area contributed by atoms with Crippen LogP contribution in [-0.4, -0.2) is 36.7 Å². The van der Waals surface area contributed by atoms with Gasteiger partial charge >= 0.3 is 5.97 Å². The van der Waals surface area contributed by atoms with E-state index in [4.69, 9.17) is 4.74 Å². The number of aromatic nitrogens is 1. The Balaban J connectivity index is 1.61. The van der Waals surface area contributed by atoms with E-state index in [1.807, 2.05) is 47.2 Å². The molecule has 1 aromatic heterocycles. The number of carboxylic acids is 1. The van der Waals surface area contributed by atoms with Crippen LogP contribution < -0.4 is 9.46 Å². The molecule has 38 heavy (non-hydrogen) atoms. The third-order valence-corrected chi connectivity index (χ3v) is 7.42. The number of sulfonamides is 1. The summed E-state index contributed by atoms with van der Waals surface area (Å²) < 4.78 is 35.8. The van der Waals surface area contributed by atoms with Crippen molar-refractivity contribution in [1.82, 2.24) is 9.29 Å². The van der Waals surface area contributed by atoms with Gasteiger partial charge in [0.15, 0.2) is 0 Å². The van der Waals surface area contributed by atoms with Crippen LogP contribution in [0.4, 0.5) is 0 Å². The lowest BCUT2D eigenvalue weighted by Crippen LogP contribution is -2.42. The van der Waals surface area contributed by atoms with E-state index in [1.54, 1.807) is 19.1 Å². The van der Waals surface area contributed by atoms with E-state index in [9.17, 15) is 23.6 Å². The van der Waals surface area contributed by atoms with E-state index in [1.165, 1.54) is 24.3 Å². The first-order valence-electron chi connectivity index (χ1n) is 11.7. The zero-order valence-corrected chi connectivity index (χ0v) is 21.4. The van der Waals surface area contributed by atoms with Crippen LogP contribution in [0.1, 0.15) is 23.6 Å². The predicted molar refractivity (Wildman–Crippen MR) is 143 cm³/mol. The number of fused-ring (bicyclic) bond motifs is 1. The summed E-state index contributed by atoms with van der Waals surface area (Å²) in [4.78, 5) is 12.1. The van der Waals surface area contributed by atoms with E-state index >= 15 is 0 Å². The number of benzene rings is 3. The van der Waals surface area contributed by atoms with Crippen LogP contribution in [0.3, 0.4) is 0 Å². The molecule has 0 saturated heterocycles. The minimum Gasteiger partial charge on any atom is -0.481 e. The van der Waals surface area contributed by atoms with Gasteiger partial charge in [0, 0.05) is 30.1 Å². The van der Waals surface area contributed by atoms with Gasteiger partial charge in [-0.25, -0.2) is 8.42 Å². The maximum Gasteiger partial charge on any atom is 0.322 e. The van der Waals surface area contributed by atoms with Crippen LogP contribution in [0.15, 0.2) is 83.9 Å². The molecule has 3 aromatic carbocycles. The molecule has 0 amide bonds. The third kappa shape index (κ3) is 6.22. The summed E-state index contributed by atoms with van der Waals surface area (Å²) in [5, 5.41) is 20.0. The van der Waals surface area contributed by atoms with Crippen molar-refractivity contribution in [2.24, 2.45) is 0 Å². The summed E-state index contributed by atoms with van der Waals surface area (Å²) in [6.45, 7) is 2.39. The molecule has 8 nitrogen and oxygen atoms in total. The Morgan fingerprint density at radius 3 is 2.50 bits per heavy atom. The van der Waals surface area contributed by atoms with Gasteiger partial charge in [-0.3, -0.25) is 4.79 Å². The number of nitrogens with zero attached hydrogens (tertiary/aromatic N) is 2. The molecular formula is C29H25N3O5S. The average molecular weight is 528 g/mol. The minimum absolute atomic E-state index is 0.0871. The summed E-state index contributed by atoms with van der Waals surface area (Å²) in [6, 6.07) is 21.3. The molecule has 0 aliphatic rings. The Bertz CT molecular complexity index is 1660. The normalized spacial score (nSPS) is 11.8. The zero-order valence-electron chi connectivity index (χ0n) is 20.6. The van der Waals surface area contributed by atoms with Gasteiger partial charge in [-0.1, -0.05) is 36.3 Å². The Labute approximate surface area is 221 Å². The number of carbonyl (C=O) groups is 1. The largest absolute Gasteiger partial charge is 0.481 e. The highest BCUT2D eigenvalue weighted by molar-refractivity contribution is 7.89. The Morgan fingerprint density at radius 2 is 1.84 bits per heavy atom. The summed E-state index contributed by atoms with van der Waals surface area (Å²) in [6.07, 6.45) is 1.70. The van der Waals surface area contributed by atoms with Crippen molar-refractivity contribution >= 4 is 26.9 Å². The van der Waals surface area contributed by atoms with Gasteiger partial charge in [-0.15, -0.1) is 5.92 Å². The molecule has 2 N–H and O–H groups in total. The van der Waals surface area contributed by atoms with E-state index < -0.39 is 22.0 Å². The quantitative estimate of drug-likeness (QED) is 0.301. The number of hydrogen-bond acceptors (Lipinski definition) is 5. The highest BCUT2D eigenvalue weighted by Crippen LogP contribution is 2.26. The van der Waals surface area contributed by atoms with Crippen LogP contribution in [0.2, 0.25) is 0 Å². The van der Waals surface area contributed by atoms with Crippen LogP contribution in [0.5, 0.6) is 5.75 Å². The van der Waals surface area contributed by atoms with Gasteiger partial charge < -0.3 is 14.4 Å². The fourth-order valence-corrected chi connectivity index (χ4v) is 5.26. The molecule has 1 atom stereocenters. The van der Waals surface area contributed by atoms with Crippen molar-refractivity contribution in [2.45, 2.75) is 30.8 Å². The molecule has 0 aliphatic carbocycles.